The molecule has 150 valence electrons. The van der Waals surface area contributed by atoms with Gasteiger partial charge in [-0.3, -0.25) is 9.59 Å². The van der Waals surface area contributed by atoms with Crippen LogP contribution in [0.3, 0.4) is 0 Å². The van der Waals surface area contributed by atoms with Crippen molar-refractivity contribution >= 4 is 11.6 Å². The quantitative estimate of drug-likeness (QED) is 0.578. The molecule has 1 atom stereocenters. The zero-order valence-electron chi connectivity index (χ0n) is 17.3. The van der Waals surface area contributed by atoms with Crippen molar-refractivity contribution in [2.24, 2.45) is 0 Å². The van der Waals surface area contributed by atoms with Gasteiger partial charge in [-0.1, -0.05) is 30.3 Å². The second kappa shape index (κ2) is 8.88. The minimum Gasteiger partial charge on any atom is -0.497 e. The third-order valence-electron chi connectivity index (χ3n) is 5.24. The Hall–Kier alpha value is -3.18. The maximum absolute atomic E-state index is 12.9. The van der Waals surface area contributed by atoms with Gasteiger partial charge in [0.2, 0.25) is 5.78 Å². The number of rotatable bonds is 8. The van der Waals surface area contributed by atoms with Gasteiger partial charge in [0.1, 0.15) is 18.3 Å². The Balaban J connectivity index is 1.84. The molecule has 0 aliphatic carbocycles. The molecule has 0 amide bonds. The molecular formula is C24H27N2O3+. The molecule has 1 heterocycles. The number of H-pyrrole nitrogens is 1. The summed E-state index contributed by atoms with van der Waals surface area (Å²) >= 11 is 0. The van der Waals surface area contributed by atoms with Crippen LogP contribution >= 0.6 is 0 Å². The number of nitrogens with two attached hydrogens (primary N) is 1. The van der Waals surface area contributed by atoms with E-state index in [-0.39, 0.29) is 24.2 Å². The Morgan fingerprint density at radius 1 is 1.00 bits per heavy atom. The number of benzene rings is 2. The maximum atomic E-state index is 12.9. The van der Waals surface area contributed by atoms with Gasteiger partial charge in [0.15, 0.2) is 5.78 Å². The number of aromatic amines is 1. The molecule has 0 aliphatic heterocycles. The molecule has 2 aromatic carbocycles. The highest BCUT2D eigenvalue weighted by molar-refractivity contribution is 6.03. The van der Waals surface area contributed by atoms with Gasteiger partial charge in [-0.2, -0.15) is 0 Å². The number of hydrogen-bond donors (Lipinski definition) is 2. The fourth-order valence-electron chi connectivity index (χ4n) is 3.82. The number of aromatic nitrogens is 1. The summed E-state index contributed by atoms with van der Waals surface area (Å²) in [6.45, 7) is 5.45. The number of hydrogen-bond acceptors (Lipinski definition) is 3. The number of Topliss-reactive ketones (excluding diaryl/α,β-unsaturated/α-hetero) is 2. The highest BCUT2D eigenvalue weighted by Gasteiger charge is 2.23. The molecule has 1 aromatic heterocycles. The van der Waals surface area contributed by atoms with Gasteiger partial charge < -0.3 is 15.0 Å². The van der Waals surface area contributed by atoms with E-state index in [1.807, 2.05) is 61.6 Å². The predicted octanol–water partition coefficient (Wildman–Crippen LogP) is 3.38. The predicted molar refractivity (Wildman–Crippen MR) is 113 cm³/mol. The van der Waals surface area contributed by atoms with Crippen molar-refractivity contribution in [2.45, 2.75) is 26.8 Å². The van der Waals surface area contributed by atoms with Crippen LogP contribution in [0, 0.1) is 13.8 Å². The number of aryl methyl sites for hydroxylation is 1. The van der Waals surface area contributed by atoms with Gasteiger partial charge in [0.25, 0.3) is 0 Å². The van der Waals surface area contributed by atoms with Crippen LogP contribution < -0.4 is 10.1 Å². The van der Waals surface area contributed by atoms with Crippen molar-refractivity contribution in [1.29, 1.82) is 0 Å². The van der Waals surface area contributed by atoms with Crippen LogP contribution in [0.5, 0.6) is 5.75 Å². The van der Waals surface area contributed by atoms with Gasteiger partial charge in [0, 0.05) is 22.4 Å². The number of nitrogens with one attached hydrogen (secondary N) is 1. The molecule has 5 heteroatoms. The second-order valence-corrected chi connectivity index (χ2v) is 7.21. The smallest absolute Gasteiger partial charge is 0.233 e. The summed E-state index contributed by atoms with van der Waals surface area (Å²) in [5.41, 5.74) is 4.82. The number of ketones is 2. The number of methoxy groups -OCH3 is 1. The fourth-order valence-corrected chi connectivity index (χ4v) is 3.82. The van der Waals surface area contributed by atoms with E-state index in [0.717, 1.165) is 28.1 Å². The van der Waals surface area contributed by atoms with Gasteiger partial charge >= 0.3 is 0 Å². The van der Waals surface area contributed by atoms with Crippen LogP contribution in [0.25, 0.3) is 0 Å². The molecular weight excluding hydrogens is 364 g/mol. The Bertz CT molecular complexity index is 1000. The summed E-state index contributed by atoms with van der Waals surface area (Å²) < 4.78 is 5.26. The summed E-state index contributed by atoms with van der Waals surface area (Å²) in [6.07, 6.45) is 0. The molecule has 0 spiro atoms. The Kier molecular flexibility index (Phi) is 6.29. The largest absolute Gasteiger partial charge is 0.497 e. The molecule has 5 nitrogen and oxygen atoms in total. The molecule has 0 unspecified atom stereocenters. The number of carbonyl (C=O) groups excluding carboxylic acids is 2. The summed E-state index contributed by atoms with van der Waals surface area (Å²) in [7, 11) is 1.64. The average molecular weight is 391 g/mol. The van der Waals surface area contributed by atoms with E-state index in [2.05, 4.69) is 17.1 Å². The van der Waals surface area contributed by atoms with Crippen LogP contribution in [-0.4, -0.2) is 30.2 Å². The molecule has 3 aromatic rings. The Morgan fingerprint density at radius 3 is 2.17 bits per heavy atom. The van der Waals surface area contributed by atoms with E-state index in [0.29, 0.717) is 11.3 Å². The summed E-state index contributed by atoms with van der Waals surface area (Å²) in [6, 6.07) is 18.0. The van der Waals surface area contributed by atoms with Crippen LogP contribution in [0.2, 0.25) is 0 Å². The van der Waals surface area contributed by atoms with Gasteiger partial charge in [-0.05, 0) is 50.6 Å². The first-order valence-corrected chi connectivity index (χ1v) is 9.68. The number of quaternary nitrogens is 1. The topological polar surface area (TPSA) is 75.8 Å². The molecule has 0 bridgehead atoms. The lowest BCUT2D eigenvalue weighted by molar-refractivity contribution is -0.675. The SMILES string of the molecule is COc1ccc([C@H]([NH2+]CC(=O)c2[nH]c(C)c(C(C)=O)c2C)c2ccccc2)cc1. The summed E-state index contributed by atoms with van der Waals surface area (Å²) in [5, 5.41) is 2.03. The lowest BCUT2D eigenvalue weighted by Gasteiger charge is -2.16. The van der Waals surface area contributed by atoms with Crippen molar-refractivity contribution in [1.82, 2.24) is 4.98 Å². The first-order chi connectivity index (χ1) is 13.9. The molecule has 0 saturated carbocycles. The van der Waals surface area contributed by atoms with Crippen molar-refractivity contribution in [2.75, 3.05) is 13.7 Å². The van der Waals surface area contributed by atoms with Crippen molar-refractivity contribution in [3.8, 4) is 5.75 Å². The van der Waals surface area contributed by atoms with E-state index in [9.17, 15) is 9.59 Å². The standard InChI is InChI=1S/C24H26N2O3/c1-15-22(17(3)27)16(2)26-23(15)21(28)14-25-24(18-8-6-5-7-9-18)19-10-12-20(29-4)13-11-19/h5-13,24-26H,14H2,1-4H3/p+1/t24-/m1/s1. The van der Waals surface area contributed by atoms with E-state index in [1.165, 1.54) is 6.92 Å². The first kappa shape index (κ1) is 20.6. The van der Waals surface area contributed by atoms with Crippen LogP contribution in [0.1, 0.15) is 56.2 Å². The molecule has 3 N–H and O–H groups in total. The third kappa shape index (κ3) is 4.46. The Morgan fingerprint density at radius 2 is 1.62 bits per heavy atom. The molecule has 3 rings (SSSR count). The van der Waals surface area contributed by atoms with E-state index >= 15 is 0 Å². The highest BCUT2D eigenvalue weighted by atomic mass is 16.5. The first-order valence-electron chi connectivity index (χ1n) is 9.68. The van der Waals surface area contributed by atoms with Gasteiger partial charge in [-0.15, -0.1) is 0 Å². The molecule has 0 radical (unpaired) electrons. The highest BCUT2D eigenvalue weighted by Crippen LogP contribution is 2.22. The van der Waals surface area contributed by atoms with Gasteiger partial charge in [0.05, 0.1) is 12.8 Å². The lowest BCUT2D eigenvalue weighted by atomic mass is 9.98. The number of carbonyl (C=O) groups is 2. The zero-order chi connectivity index (χ0) is 21.0. The number of ether oxygens (including phenoxy) is 1. The second-order valence-electron chi connectivity index (χ2n) is 7.21. The molecule has 0 fully saturated rings. The van der Waals surface area contributed by atoms with E-state index in [1.54, 1.807) is 7.11 Å². The molecule has 0 saturated heterocycles. The summed E-state index contributed by atoms with van der Waals surface area (Å²) in [4.78, 5) is 27.9. The zero-order valence-corrected chi connectivity index (χ0v) is 17.3. The van der Waals surface area contributed by atoms with Crippen LogP contribution in [0.4, 0.5) is 0 Å². The van der Waals surface area contributed by atoms with Crippen molar-refractivity contribution < 1.29 is 19.6 Å². The van der Waals surface area contributed by atoms with Crippen LogP contribution in [0.15, 0.2) is 54.6 Å². The molecule has 29 heavy (non-hydrogen) atoms. The normalized spacial score (nSPS) is 11.9. The summed E-state index contributed by atoms with van der Waals surface area (Å²) in [5.74, 6) is 0.748. The monoisotopic (exact) mass is 391 g/mol. The van der Waals surface area contributed by atoms with Crippen molar-refractivity contribution in [3.63, 3.8) is 0 Å². The third-order valence-corrected chi connectivity index (χ3v) is 5.24. The maximum Gasteiger partial charge on any atom is 0.233 e. The lowest BCUT2D eigenvalue weighted by Crippen LogP contribution is -2.87. The van der Waals surface area contributed by atoms with Crippen LogP contribution in [-0.2, 0) is 0 Å². The van der Waals surface area contributed by atoms with E-state index in [4.69, 9.17) is 4.74 Å². The molecule has 0 aliphatic rings. The van der Waals surface area contributed by atoms with E-state index < -0.39 is 0 Å². The van der Waals surface area contributed by atoms with Gasteiger partial charge in [-0.25, -0.2) is 0 Å². The minimum absolute atomic E-state index is 0.0188. The fraction of sp³-hybridized carbons (Fsp3) is 0.250. The Labute approximate surface area is 171 Å². The van der Waals surface area contributed by atoms with Crippen molar-refractivity contribution in [3.05, 3.63) is 88.2 Å². The minimum atomic E-state index is -0.0281. The average Bonchev–Trinajstić information content (AvgIpc) is 3.03.